The zero-order valence-electron chi connectivity index (χ0n) is 9.85. The number of fused-ring (bicyclic) bond motifs is 1. The van der Waals surface area contributed by atoms with Crippen molar-refractivity contribution in [3.8, 4) is 11.5 Å². The molecule has 1 aliphatic heterocycles. The predicted molar refractivity (Wildman–Crippen MR) is 63.7 cm³/mol. The minimum atomic E-state index is -3.50. The summed E-state index contributed by atoms with van der Waals surface area (Å²) in [6, 6.07) is 18.6. The molecule has 0 atom stereocenters. The normalized spacial score (nSPS) is 13.2. The summed E-state index contributed by atoms with van der Waals surface area (Å²) in [4.78, 5) is 0. The Morgan fingerprint density at radius 2 is 1.32 bits per heavy atom. The molecule has 0 radical (unpaired) electrons. The van der Waals surface area contributed by atoms with Crippen LogP contribution in [0.2, 0.25) is 0 Å². The first-order valence-electron chi connectivity index (χ1n) is 4.93. The van der Waals surface area contributed by atoms with Gasteiger partial charge < -0.3 is 26.5 Å². The topological polar surface area (TPSA) is 18.5 Å². The van der Waals surface area contributed by atoms with Crippen LogP contribution in [0.4, 0.5) is 8.78 Å². The SMILES string of the molecule is FC1(F)Oc2ccccc2O1.[Br-].[Mg+2].[c-]1ccccc1. The summed E-state index contributed by atoms with van der Waals surface area (Å²) in [5.74, 6) is 0.162. The third kappa shape index (κ3) is 5.75. The average Bonchev–Trinajstić information content (AvgIpc) is 2.66. The first-order chi connectivity index (χ1) is 8.17. The molecule has 1 heterocycles. The van der Waals surface area contributed by atoms with E-state index in [1.807, 2.05) is 30.3 Å². The van der Waals surface area contributed by atoms with Gasteiger partial charge >= 0.3 is 29.3 Å². The molecular weight excluding hydrogens is 330 g/mol. The second-order valence-corrected chi connectivity index (χ2v) is 3.19. The summed E-state index contributed by atoms with van der Waals surface area (Å²) < 4.78 is 32.9. The van der Waals surface area contributed by atoms with Gasteiger partial charge in [-0.15, -0.1) is 8.78 Å². The molecular formula is C13H9BrF2MgO2. The van der Waals surface area contributed by atoms with Crippen LogP contribution in [-0.4, -0.2) is 29.3 Å². The van der Waals surface area contributed by atoms with E-state index >= 15 is 0 Å². The van der Waals surface area contributed by atoms with E-state index in [1.54, 1.807) is 12.1 Å². The number of rotatable bonds is 0. The Kier molecular flexibility index (Phi) is 7.97. The summed E-state index contributed by atoms with van der Waals surface area (Å²) in [5.41, 5.74) is 0. The van der Waals surface area contributed by atoms with Crippen LogP contribution in [0.25, 0.3) is 0 Å². The number of alkyl halides is 2. The van der Waals surface area contributed by atoms with Gasteiger partial charge in [-0.2, -0.15) is 36.4 Å². The molecule has 0 saturated carbocycles. The van der Waals surface area contributed by atoms with Gasteiger partial charge in [-0.1, -0.05) is 12.1 Å². The van der Waals surface area contributed by atoms with Gasteiger partial charge in [0.1, 0.15) is 0 Å². The summed E-state index contributed by atoms with van der Waals surface area (Å²) in [6.45, 7) is 0. The second-order valence-electron chi connectivity index (χ2n) is 3.19. The molecule has 0 spiro atoms. The van der Waals surface area contributed by atoms with Gasteiger partial charge in [0.25, 0.3) is 0 Å². The Morgan fingerprint density at radius 3 is 1.63 bits per heavy atom. The van der Waals surface area contributed by atoms with Crippen LogP contribution in [0.3, 0.4) is 0 Å². The number of para-hydroxylation sites is 2. The van der Waals surface area contributed by atoms with E-state index in [2.05, 4.69) is 15.5 Å². The van der Waals surface area contributed by atoms with Gasteiger partial charge in [0.15, 0.2) is 11.5 Å². The molecule has 2 aromatic carbocycles. The molecule has 0 unspecified atom stereocenters. The summed E-state index contributed by atoms with van der Waals surface area (Å²) in [5, 5.41) is 0. The summed E-state index contributed by atoms with van der Waals surface area (Å²) in [7, 11) is 0. The molecule has 2 aromatic rings. The van der Waals surface area contributed by atoms with Crippen LogP contribution in [0.1, 0.15) is 0 Å². The number of halogens is 3. The molecule has 0 aromatic heterocycles. The fraction of sp³-hybridized carbons (Fsp3) is 0.0769. The van der Waals surface area contributed by atoms with Crippen molar-refractivity contribution >= 4 is 23.1 Å². The maximum Gasteiger partial charge on any atom is 2.00 e. The molecule has 0 amide bonds. The van der Waals surface area contributed by atoms with Crippen LogP contribution >= 0.6 is 0 Å². The van der Waals surface area contributed by atoms with E-state index < -0.39 is 6.29 Å². The number of ether oxygens (including phenoxy) is 2. The maximum absolute atomic E-state index is 12.3. The largest absolute Gasteiger partial charge is 2.00 e. The molecule has 0 aliphatic carbocycles. The molecule has 19 heavy (non-hydrogen) atoms. The van der Waals surface area contributed by atoms with Crippen molar-refractivity contribution in [2.45, 2.75) is 6.29 Å². The first-order valence-corrected chi connectivity index (χ1v) is 4.93. The molecule has 0 N–H and O–H groups in total. The molecule has 6 heteroatoms. The molecule has 0 saturated heterocycles. The summed E-state index contributed by atoms with van der Waals surface area (Å²) in [6.07, 6.45) is -3.50. The van der Waals surface area contributed by atoms with Crippen LogP contribution in [0, 0.1) is 6.07 Å². The monoisotopic (exact) mass is 338 g/mol. The third-order valence-electron chi connectivity index (χ3n) is 1.91. The van der Waals surface area contributed by atoms with Crippen molar-refractivity contribution in [2.24, 2.45) is 0 Å². The van der Waals surface area contributed by atoms with Crippen LogP contribution in [-0.2, 0) is 0 Å². The number of hydrogen-bond donors (Lipinski definition) is 0. The van der Waals surface area contributed by atoms with Gasteiger partial charge in [0, 0.05) is 0 Å². The van der Waals surface area contributed by atoms with E-state index in [4.69, 9.17) is 0 Å². The second kappa shape index (κ2) is 8.34. The van der Waals surface area contributed by atoms with E-state index in [-0.39, 0.29) is 51.5 Å². The van der Waals surface area contributed by atoms with E-state index in [0.717, 1.165) is 0 Å². The van der Waals surface area contributed by atoms with Crippen molar-refractivity contribution in [1.82, 2.24) is 0 Å². The average molecular weight is 339 g/mol. The van der Waals surface area contributed by atoms with Gasteiger partial charge in [-0.3, -0.25) is 0 Å². The van der Waals surface area contributed by atoms with Gasteiger partial charge in [0.05, 0.1) is 0 Å². The Bertz CT molecular complexity index is 429. The minimum absolute atomic E-state index is 0. The molecule has 1 aliphatic rings. The fourth-order valence-corrected chi connectivity index (χ4v) is 1.24. The van der Waals surface area contributed by atoms with Crippen molar-refractivity contribution < 1.29 is 35.2 Å². The van der Waals surface area contributed by atoms with Crippen LogP contribution < -0.4 is 26.5 Å². The Hall–Kier alpha value is -0.854. The van der Waals surface area contributed by atoms with Crippen molar-refractivity contribution in [1.29, 1.82) is 0 Å². The van der Waals surface area contributed by atoms with Crippen molar-refractivity contribution in [3.63, 3.8) is 0 Å². The van der Waals surface area contributed by atoms with Crippen molar-refractivity contribution in [2.75, 3.05) is 0 Å². The maximum atomic E-state index is 12.3. The minimum Gasteiger partial charge on any atom is -1.00 e. The zero-order chi connectivity index (χ0) is 12.1. The number of benzene rings is 2. The molecule has 2 nitrogen and oxygen atoms in total. The van der Waals surface area contributed by atoms with Gasteiger partial charge in [-0.25, -0.2) is 0 Å². The first kappa shape index (κ1) is 18.1. The van der Waals surface area contributed by atoms with E-state index in [1.165, 1.54) is 12.1 Å². The van der Waals surface area contributed by atoms with Gasteiger partial charge in [-0.05, 0) is 12.1 Å². The number of hydrogen-bond acceptors (Lipinski definition) is 2. The zero-order valence-corrected chi connectivity index (χ0v) is 12.9. The third-order valence-corrected chi connectivity index (χ3v) is 1.91. The molecule has 3 rings (SSSR count). The van der Waals surface area contributed by atoms with E-state index in [0.29, 0.717) is 0 Å². The Balaban J connectivity index is 0.000000353. The van der Waals surface area contributed by atoms with Crippen molar-refractivity contribution in [3.05, 3.63) is 60.7 Å². The predicted octanol–water partition coefficient (Wildman–Crippen LogP) is 0.118. The van der Waals surface area contributed by atoms with Gasteiger partial charge in [0.2, 0.25) is 0 Å². The quantitative estimate of drug-likeness (QED) is 0.501. The van der Waals surface area contributed by atoms with E-state index in [9.17, 15) is 8.78 Å². The molecule has 0 bridgehead atoms. The Labute approximate surface area is 136 Å². The van der Waals surface area contributed by atoms with Crippen LogP contribution in [0.15, 0.2) is 54.6 Å². The smallest absolute Gasteiger partial charge is 1.00 e. The summed E-state index contributed by atoms with van der Waals surface area (Å²) >= 11 is 0. The Morgan fingerprint density at radius 1 is 0.842 bits per heavy atom. The standard InChI is InChI=1S/C7H4F2O2.C6H5.BrH.Mg/c8-7(9)10-5-3-1-2-4-6(5)11-7;1-2-4-6-5-3-1;;/h1-4H;1-5H;1H;/q;-1;;+2/p-1. The molecule has 96 valence electrons. The molecule has 0 fully saturated rings. The van der Waals surface area contributed by atoms with Crippen LogP contribution in [0.5, 0.6) is 11.5 Å². The fourth-order valence-electron chi connectivity index (χ4n) is 1.24.